The molecule has 0 spiro atoms. The number of rotatable bonds is 16. The Labute approximate surface area is 227 Å². The first-order valence-electron chi connectivity index (χ1n) is 12.7. The van der Waals surface area contributed by atoms with Crippen LogP contribution in [0, 0.1) is 0 Å². The monoisotopic (exact) mass is 530 g/mol. The molecule has 3 rings (SSSR count). The molecule has 0 aliphatic carbocycles. The second-order valence-corrected chi connectivity index (χ2v) is 9.19. The van der Waals surface area contributed by atoms with Crippen LogP contribution in [0.3, 0.4) is 0 Å². The molecule has 0 saturated heterocycles. The molecule has 39 heavy (non-hydrogen) atoms. The van der Waals surface area contributed by atoms with Crippen LogP contribution in [0.25, 0.3) is 21.7 Å². The van der Waals surface area contributed by atoms with Crippen LogP contribution in [-0.2, 0) is 12.8 Å². The maximum absolute atomic E-state index is 12.9. The van der Waals surface area contributed by atoms with Gasteiger partial charge in [0.25, 0.3) is 0 Å². The van der Waals surface area contributed by atoms with E-state index in [9.17, 15) is 24.6 Å². The van der Waals surface area contributed by atoms with Crippen LogP contribution in [-0.4, -0.2) is 71.2 Å². The van der Waals surface area contributed by atoms with Gasteiger partial charge < -0.3 is 14.6 Å². The first kappa shape index (κ1) is 29.3. The fourth-order valence-electron chi connectivity index (χ4n) is 4.88. The van der Waals surface area contributed by atoms with Crippen LogP contribution in [0.4, 0.5) is 0 Å². The zero-order valence-electron chi connectivity index (χ0n) is 22.0. The van der Waals surface area contributed by atoms with Crippen LogP contribution in [0.5, 0.6) is 0 Å². The zero-order valence-corrected chi connectivity index (χ0v) is 22.0. The molecule has 1 aromatic heterocycles. The number of benzene rings is 2. The van der Waals surface area contributed by atoms with E-state index >= 15 is 0 Å². The summed E-state index contributed by atoms with van der Waals surface area (Å²) in [6, 6.07) is 5.74. The Morgan fingerprint density at radius 1 is 0.769 bits per heavy atom. The average molecular weight is 531 g/mol. The van der Waals surface area contributed by atoms with E-state index in [0.717, 1.165) is 5.56 Å². The maximum atomic E-state index is 12.9. The van der Waals surface area contributed by atoms with Crippen LogP contribution >= 0.6 is 0 Å². The van der Waals surface area contributed by atoms with E-state index in [1.165, 1.54) is 18.2 Å². The quantitative estimate of drug-likeness (QED) is 0.155. The summed E-state index contributed by atoms with van der Waals surface area (Å²) in [6.07, 6.45) is 8.04. The van der Waals surface area contributed by atoms with Gasteiger partial charge >= 0.3 is 17.6 Å². The molecule has 3 aromatic rings. The van der Waals surface area contributed by atoms with Crippen molar-refractivity contribution in [3.8, 4) is 0 Å². The van der Waals surface area contributed by atoms with Gasteiger partial charge in [0.1, 0.15) is 5.58 Å². The molecule has 2 N–H and O–H groups in total. The second-order valence-electron chi connectivity index (χ2n) is 9.19. The fourth-order valence-corrected chi connectivity index (χ4v) is 4.88. The Balaban J connectivity index is 2.32. The Morgan fingerprint density at radius 3 is 1.79 bits per heavy atom. The lowest BCUT2D eigenvalue weighted by Crippen LogP contribution is -2.28. The number of fused-ring (bicyclic) bond motifs is 3. The van der Waals surface area contributed by atoms with Crippen LogP contribution in [0.1, 0.15) is 31.8 Å². The standard InChI is InChI=1S/C31H34N2O6/c1-5-13-32(14-6-2)17-11-22-24(12-18-33(15-7-3)16-8-4)28-23-10-9-21(29(34)35)19-26(23)31(38)39-27(28)20-25(22)30(36)37/h5-10,19-20H,1-4,11-18H2,(H,34,35)(H,36,37). The molecule has 0 aliphatic rings. The molecule has 0 fully saturated rings. The minimum absolute atomic E-state index is 0.0364. The number of aromatic carboxylic acids is 2. The fraction of sp³-hybridized carbons (Fsp3) is 0.258. The summed E-state index contributed by atoms with van der Waals surface area (Å²) in [7, 11) is 0. The predicted molar refractivity (Wildman–Crippen MR) is 155 cm³/mol. The van der Waals surface area contributed by atoms with Crippen molar-refractivity contribution in [2.45, 2.75) is 12.8 Å². The van der Waals surface area contributed by atoms with E-state index in [-0.39, 0.29) is 22.1 Å². The van der Waals surface area contributed by atoms with E-state index in [1.54, 1.807) is 30.4 Å². The molecular weight excluding hydrogens is 496 g/mol. The van der Waals surface area contributed by atoms with Gasteiger partial charge in [-0.25, -0.2) is 14.4 Å². The van der Waals surface area contributed by atoms with Crippen molar-refractivity contribution in [3.05, 3.63) is 108 Å². The highest BCUT2D eigenvalue weighted by Gasteiger charge is 2.23. The molecule has 0 atom stereocenters. The average Bonchev–Trinajstić information content (AvgIpc) is 2.90. The first-order valence-corrected chi connectivity index (χ1v) is 12.7. The van der Waals surface area contributed by atoms with E-state index in [2.05, 4.69) is 36.1 Å². The zero-order chi connectivity index (χ0) is 28.5. The number of carboxylic acid groups (broad SMARTS) is 2. The van der Waals surface area contributed by atoms with Gasteiger partial charge in [-0.05, 0) is 42.2 Å². The van der Waals surface area contributed by atoms with Crippen molar-refractivity contribution < 1.29 is 24.2 Å². The molecule has 2 aromatic carbocycles. The van der Waals surface area contributed by atoms with E-state index in [1.807, 2.05) is 0 Å². The van der Waals surface area contributed by atoms with Crippen molar-refractivity contribution in [2.24, 2.45) is 0 Å². The molecule has 0 radical (unpaired) electrons. The SMILES string of the molecule is C=CCN(CC=C)CCc1c(C(=O)O)cc2oc(=O)c3cc(C(=O)O)ccc3c2c1CCN(CC=C)CC=C. The first-order chi connectivity index (χ1) is 18.7. The number of hydrogen-bond acceptors (Lipinski definition) is 6. The molecule has 8 heteroatoms. The van der Waals surface area contributed by atoms with E-state index < -0.39 is 17.6 Å². The predicted octanol–water partition coefficient (Wildman–Crippen LogP) is 4.78. The Bertz CT molecular complexity index is 1470. The molecule has 0 aliphatic heterocycles. The van der Waals surface area contributed by atoms with Crippen LogP contribution in [0.15, 0.2) is 84.1 Å². The summed E-state index contributed by atoms with van der Waals surface area (Å²) in [5.41, 5.74) is 0.849. The minimum atomic E-state index is -1.16. The van der Waals surface area contributed by atoms with Gasteiger partial charge in [0.05, 0.1) is 16.5 Å². The highest BCUT2D eigenvalue weighted by molar-refractivity contribution is 6.10. The maximum Gasteiger partial charge on any atom is 0.344 e. The lowest BCUT2D eigenvalue weighted by atomic mass is 9.89. The minimum Gasteiger partial charge on any atom is -0.478 e. The lowest BCUT2D eigenvalue weighted by molar-refractivity contribution is 0.0685. The van der Waals surface area contributed by atoms with Crippen molar-refractivity contribution >= 4 is 33.7 Å². The van der Waals surface area contributed by atoms with Gasteiger partial charge in [0.15, 0.2) is 0 Å². The lowest BCUT2D eigenvalue weighted by Gasteiger charge is -2.24. The molecule has 204 valence electrons. The summed E-state index contributed by atoms with van der Waals surface area (Å²) in [5, 5.41) is 20.9. The van der Waals surface area contributed by atoms with Gasteiger partial charge in [-0.15, -0.1) is 26.3 Å². The van der Waals surface area contributed by atoms with Crippen molar-refractivity contribution in [1.29, 1.82) is 0 Å². The molecule has 0 amide bonds. The number of hydrogen-bond donors (Lipinski definition) is 2. The normalized spacial score (nSPS) is 11.2. The third-order valence-electron chi connectivity index (χ3n) is 6.61. The van der Waals surface area contributed by atoms with Crippen LogP contribution < -0.4 is 5.63 Å². The molecule has 1 heterocycles. The number of nitrogens with zero attached hydrogens (tertiary/aromatic N) is 2. The van der Waals surface area contributed by atoms with E-state index in [0.29, 0.717) is 68.4 Å². The molecule has 0 saturated carbocycles. The third kappa shape index (κ3) is 6.79. The van der Waals surface area contributed by atoms with Crippen molar-refractivity contribution in [2.75, 3.05) is 39.3 Å². The van der Waals surface area contributed by atoms with Crippen molar-refractivity contribution in [1.82, 2.24) is 9.80 Å². The van der Waals surface area contributed by atoms with E-state index in [4.69, 9.17) is 4.42 Å². The molecular formula is C31H34N2O6. The van der Waals surface area contributed by atoms with Gasteiger partial charge in [-0.3, -0.25) is 9.80 Å². The number of carbonyl (C=O) groups is 2. The topological polar surface area (TPSA) is 111 Å². The van der Waals surface area contributed by atoms with Gasteiger partial charge in [0, 0.05) is 50.0 Å². The van der Waals surface area contributed by atoms with Gasteiger partial charge in [-0.2, -0.15) is 0 Å². The Hall–Kier alpha value is -4.27. The molecule has 8 nitrogen and oxygen atoms in total. The molecule has 0 bridgehead atoms. The van der Waals surface area contributed by atoms with Crippen molar-refractivity contribution in [3.63, 3.8) is 0 Å². The Morgan fingerprint density at radius 2 is 1.31 bits per heavy atom. The summed E-state index contributed by atoms with van der Waals surface area (Å²) in [6.45, 7) is 18.8. The summed E-state index contributed by atoms with van der Waals surface area (Å²) < 4.78 is 5.61. The third-order valence-corrected chi connectivity index (χ3v) is 6.61. The summed E-state index contributed by atoms with van der Waals surface area (Å²) in [4.78, 5) is 41.1. The summed E-state index contributed by atoms with van der Waals surface area (Å²) >= 11 is 0. The highest BCUT2D eigenvalue weighted by atomic mass is 16.4. The number of carboxylic acids is 2. The smallest absolute Gasteiger partial charge is 0.344 e. The highest BCUT2D eigenvalue weighted by Crippen LogP contribution is 2.33. The largest absolute Gasteiger partial charge is 0.478 e. The van der Waals surface area contributed by atoms with Gasteiger partial charge in [-0.1, -0.05) is 30.4 Å². The molecule has 0 unspecified atom stereocenters. The summed E-state index contributed by atoms with van der Waals surface area (Å²) in [5.74, 6) is -2.28. The van der Waals surface area contributed by atoms with Crippen LogP contribution in [0.2, 0.25) is 0 Å². The Kier molecular flexibility index (Phi) is 10.1. The second kappa shape index (κ2) is 13.5. The van der Waals surface area contributed by atoms with Gasteiger partial charge in [0.2, 0.25) is 0 Å².